The van der Waals surface area contributed by atoms with E-state index >= 15 is 0 Å². The molecule has 1 fully saturated rings. The molecule has 0 aliphatic carbocycles. The summed E-state index contributed by atoms with van der Waals surface area (Å²) in [5.74, 6) is 0.635. The number of hydrogen-bond acceptors (Lipinski definition) is 7. The van der Waals surface area contributed by atoms with Gasteiger partial charge in [0.2, 0.25) is 5.91 Å². The zero-order valence-corrected chi connectivity index (χ0v) is 17.4. The maximum atomic E-state index is 11.3. The summed E-state index contributed by atoms with van der Waals surface area (Å²) in [5, 5.41) is 3.35. The minimum Gasteiger partial charge on any atom is -0.488 e. The van der Waals surface area contributed by atoms with Gasteiger partial charge >= 0.3 is 0 Å². The predicted octanol–water partition coefficient (Wildman–Crippen LogP) is 3.42. The molecule has 0 saturated carbocycles. The Morgan fingerprint density at radius 1 is 1.28 bits per heavy atom. The molecule has 1 unspecified atom stereocenters. The van der Waals surface area contributed by atoms with E-state index in [4.69, 9.17) is 9.47 Å². The van der Waals surface area contributed by atoms with Crippen molar-refractivity contribution in [2.24, 2.45) is 0 Å². The second-order valence-electron chi connectivity index (χ2n) is 7.13. The van der Waals surface area contributed by atoms with Gasteiger partial charge in [0.05, 0.1) is 29.6 Å². The Kier molecular flexibility index (Phi) is 6.03. The number of ether oxygens (including phenoxy) is 2. The lowest BCUT2D eigenvalue weighted by atomic mass is 10.1. The van der Waals surface area contributed by atoms with Crippen molar-refractivity contribution in [3.05, 3.63) is 36.7 Å². The van der Waals surface area contributed by atoms with Crippen molar-refractivity contribution in [2.75, 3.05) is 38.2 Å². The maximum absolute atomic E-state index is 11.3. The fourth-order valence-electron chi connectivity index (χ4n) is 3.37. The number of anilines is 1. The van der Waals surface area contributed by atoms with Crippen LogP contribution in [-0.2, 0) is 9.53 Å². The minimum absolute atomic E-state index is 0.0642. The number of benzene rings is 1. The van der Waals surface area contributed by atoms with Crippen molar-refractivity contribution < 1.29 is 14.3 Å². The van der Waals surface area contributed by atoms with Crippen LogP contribution in [0, 0.1) is 0 Å². The summed E-state index contributed by atoms with van der Waals surface area (Å²) in [4.78, 5) is 22.4. The summed E-state index contributed by atoms with van der Waals surface area (Å²) >= 11 is 1.46. The van der Waals surface area contributed by atoms with Gasteiger partial charge in [-0.2, -0.15) is 0 Å². The third-order valence-electron chi connectivity index (χ3n) is 4.67. The average Bonchev–Trinajstić information content (AvgIpc) is 3.09. The second-order valence-corrected chi connectivity index (χ2v) is 8.16. The highest BCUT2D eigenvalue weighted by Crippen LogP contribution is 2.31. The molecule has 4 rings (SSSR count). The molecule has 1 aliphatic rings. The van der Waals surface area contributed by atoms with Crippen molar-refractivity contribution in [3.8, 4) is 16.9 Å². The summed E-state index contributed by atoms with van der Waals surface area (Å²) in [6, 6.07) is 8.05. The van der Waals surface area contributed by atoms with Gasteiger partial charge in [-0.05, 0) is 30.7 Å². The van der Waals surface area contributed by atoms with Gasteiger partial charge in [0, 0.05) is 38.3 Å². The van der Waals surface area contributed by atoms with Crippen molar-refractivity contribution in [2.45, 2.75) is 20.0 Å². The molecular formula is C21H24N4O3S. The summed E-state index contributed by atoms with van der Waals surface area (Å²) in [7, 11) is 0. The summed E-state index contributed by atoms with van der Waals surface area (Å²) in [6.45, 7) is 7.89. The number of aromatic nitrogens is 2. The second kappa shape index (κ2) is 8.86. The first-order chi connectivity index (χ1) is 14.1. The van der Waals surface area contributed by atoms with Gasteiger partial charge in [-0.3, -0.25) is 14.7 Å². The molecule has 0 radical (unpaired) electrons. The fraction of sp³-hybridized carbons (Fsp3) is 0.381. The Balaban J connectivity index is 1.48. The molecule has 2 aromatic heterocycles. The van der Waals surface area contributed by atoms with E-state index in [1.54, 1.807) is 6.20 Å². The van der Waals surface area contributed by atoms with E-state index in [-0.39, 0.29) is 12.0 Å². The molecule has 1 aliphatic heterocycles. The zero-order valence-electron chi connectivity index (χ0n) is 16.6. The number of rotatable bonds is 6. The molecule has 7 nitrogen and oxygen atoms in total. The number of thiazole rings is 1. The van der Waals surface area contributed by atoms with E-state index in [1.165, 1.54) is 18.3 Å². The lowest BCUT2D eigenvalue weighted by Crippen LogP contribution is -2.41. The molecule has 1 aromatic carbocycles. The highest BCUT2D eigenvalue weighted by Gasteiger charge is 2.15. The van der Waals surface area contributed by atoms with Crippen molar-refractivity contribution >= 4 is 32.6 Å². The van der Waals surface area contributed by atoms with Gasteiger partial charge < -0.3 is 14.8 Å². The molecule has 3 heterocycles. The molecule has 3 aromatic rings. The first-order valence-corrected chi connectivity index (χ1v) is 10.5. The molecule has 0 spiro atoms. The summed E-state index contributed by atoms with van der Waals surface area (Å²) in [6.07, 6.45) is 3.64. The molecule has 1 N–H and O–H groups in total. The van der Waals surface area contributed by atoms with Crippen LogP contribution in [0.5, 0.6) is 5.75 Å². The van der Waals surface area contributed by atoms with Gasteiger partial charge in [-0.25, -0.2) is 4.98 Å². The Hall–Kier alpha value is -2.55. The number of hydrogen-bond donors (Lipinski definition) is 1. The van der Waals surface area contributed by atoms with Gasteiger partial charge in [-0.1, -0.05) is 17.4 Å². The SMILES string of the molecule is CC(=O)Nc1nc2ccc(-c3cncc(OC(C)CN4CCOCC4)c3)cc2s1. The number of nitrogens with one attached hydrogen (secondary N) is 1. The molecule has 1 atom stereocenters. The van der Waals surface area contributed by atoms with E-state index < -0.39 is 0 Å². The van der Waals surface area contributed by atoms with Gasteiger partial charge in [0.1, 0.15) is 11.9 Å². The van der Waals surface area contributed by atoms with Crippen LogP contribution < -0.4 is 10.1 Å². The summed E-state index contributed by atoms with van der Waals surface area (Å²) < 4.78 is 12.5. The maximum Gasteiger partial charge on any atom is 0.223 e. The normalized spacial score (nSPS) is 15.9. The third kappa shape index (κ3) is 5.09. The number of nitrogens with zero attached hydrogens (tertiary/aromatic N) is 3. The van der Waals surface area contributed by atoms with E-state index in [1.807, 2.05) is 24.4 Å². The third-order valence-corrected chi connectivity index (χ3v) is 5.61. The Morgan fingerprint density at radius 2 is 2.10 bits per heavy atom. The topological polar surface area (TPSA) is 76.6 Å². The molecular weight excluding hydrogens is 388 g/mol. The van der Waals surface area contributed by atoms with Crippen LogP contribution in [0.2, 0.25) is 0 Å². The Morgan fingerprint density at radius 3 is 2.90 bits per heavy atom. The zero-order chi connectivity index (χ0) is 20.2. The number of amides is 1. The molecule has 8 heteroatoms. The van der Waals surface area contributed by atoms with E-state index in [2.05, 4.69) is 33.2 Å². The number of fused-ring (bicyclic) bond motifs is 1. The van der Waals surface area contributed by atoms with Crippen molar-refractivity contribution in [1.82, 2.24) is 14.9 Å². The van der Waals surface area contributed by atoms with Crippen molar-refractivity contribution in [1.29, 1.82) is 0 Å². The smallest absolute Gasteiger partial charge is 0.223 e. The minimum atomic E-state index is -0.121. The van der Waals surface area contributed by atoms with Gasteiger partial charge in [0.15, 0.2) is 5.13 Å². The number of morpholine rings is 1. The van der Waals surface area contributed by atoms with Gasteiger partial charge in [-0.15, -0.1) is 0 Å². The van der Waals surface area contributed by atoms with Crippen LogP contribution in [0.1, 0.15) is 13.8 Å². The molecule has 152 valence electrons. The number of pyridine rings is 1. The van der Waals surface area contributed by atoms with Crippen LogP contribution in [0.15, 0.2) is 36.7 Å². The molecule has 0 bridgehead atoms. The first-order valence-electron chi connectivity index (χ1n) is 9.67. The van der Waals surface area contributed by atoms with Crippen LogP contribution in [0.3, 0.4) is 0 Å². The van der Waals surface area contributed by atoms with E-state index in [9.17, 15) is 4.79 Å². The molecule has 1 saturated heterocycles. The Bertz CT molecular complexity index is 1000. The highest BCUT2D eigenvalue weighted by molar-refractivity contribution is 7.22. The number of carbonyl (C=O) groups excluding carboxylic acids is 1. The van der Waals surface area contributed by atoms with Gasteiger partial charge in [0.25, 0.3) is 0 Å². The standard InChI is InChI=1S/C21H24N4O3S/c1-14(13-25-5-7-27-8-6-25)28-18-9-17(11-22-12-18)16-3-4-19-20(10-16)29-21(24-19)23-15(2)26/h3-4,9-12,14H,5-8,13H2,1-2H3,(H,23,24,26). The highest BCUT2D eigenvalue weighted by atomic mass is 32.1. The Labute approximate surface area is 173 Å². The lowest BCUT2D eigenvalue weighted by molar-refractivity contribution is -0.114. The predicted molar refractivity (Wildman–Crippen MR) is 115 cm³/mol. The quantitative estimate of drug-likeness (QED) is 0.669. The fourth-order valence-corrected chi connectivity index (χ4v) is 4.32. The lowest BCUT2D eigenvalue weighted by Gasteiger charge is -2.29. The van der Waals surface area contributed by atoms with Crippen LogP contribution in [0.25, 0.3) is 21.3 Å². The van der Waals surface area contributed by atoms with Crippen LogP contribution in [-0.4, -0.2) is 59.7 Å². The van der Waals surface area contributed by atoms with Crippen LogP contribution in [0.4, 0.5) is 5.13 Å². The van der Waals surface area contributed by atoms with Crippen LogP contribution >= 0.6 is 11.3 Å². The van der Waals surface area contributed by atoms with E-state index in [0.717, 1.165) is 59.9 Å². The summed E-state index contributed by atoms with van der Waals surface area (Å²) in [5.41, 5.74) is 2.88. The largest absolute Gasteiger partial charge is 0.488 e. The monoisotopic (exact) mass is 412 g/mol. The average molecular weight is 413 g/mol. The molecule has 1 amide bonds. The van der Waals surface area contributed by atoms with Crippen molar-refractivity contribution in [3.63, 3.8) is 0 Å². The first kappa shape index (κ1) is 19.8. The van der Waals surface area contributed by atoms with E-state index in [0.29, 0.717) is 5.13 Å². The molecule has 29 heavy (non-hydrogen) atoms. The number of carbonyl (C=O) groups is 1.